The van der Waals surface area contributed by atoms with Crippen LogP contribution in [0.1, 0.15) is 52.9 Å². The van der Waals surface area contributed by atoms with Crippen LogP contribution in [0, 0.1) is 0 Å². The number of aliphatic imine (C=N–C) groups is 1. The Bertz CT molecular complexity index is 365. The SMILES string of the molecule is C/C=C/CCCCCC1N=CC[N+]1(CC)CCNC(C)=O. The Hall–Kier alpha value is -1.16. The molecule has 4 nitrogen and oxygen atoms in total. The molecule has 1 amide bonds. The maximum atomic E-state index is 11.0. The van der Waals surface area contributed by atoms with Gasteiger partial charge in [-0.2, -0.15) is 0 Å². The second-order valence-corrected chi connectivity index (χ2v) is 5.94. The van der Waals surface area contributed by atoms with E-state index >= 15 is 0 Å². The van der Waals surface area contributed by atoms with Crippen molar-refractivity contribution < 1.29 is 9.28 Å². The highest BCUT2D eigenvalue weighted by Crippen LogP contribution is 2.23. The van der Waals surface area contributed by atoms with E-state index in [0.29, 0.717) is 6.17 Å². The lowest BCUT2D eigenvalue weighted by Crippen LogP contribution is -2.55. The van der Waals surface area contributed by atoms with Crippen LogP contribution < -0.4 is 5.32 Å². The predicted molar refractivity (Wildman–Crippen MR) is 89.4 cm³/mol. The van der Waals surface area contributed by atoms with Crippen molar-refractivity contribution in [2.75, 3.05) is 26.2 Å². The Kier molecular flexibility index (Phi) is 8.28. The first-order valence-electron chi connectivity index (χ1n) is 8.37. The maximum Gasteiger partial charge on any atom is 0.217 e. The molecule has 2 atom stereocenters. The summed E-state index contributed by atoms with van der Waals surface area (Å²) in [6, 6.07) is 0. The molecule has 1 aliphatic rings. The summed E-state index contributed by atoms with van der Waals surface area (Å²) in [5.74, 6) is 0.0601. The number of carbonyl (C=O) groups excluding carboxylic acids is 1. The third-order valence-corrected chi connectivity index (χ3v) is 4.48. The number of carbonyl (C=O) groups is 1. The van der Waals surface area contributed by atoms with Gasteiger partial charge in [-0.15, -0.1) is 0 Å². The zero-order valence-corrected chi connectivity index (χ0v) is 14.0. The van der Waals surface area contributed by atoms with Gasteiger partial charge in [0.05, 0.1) is 25.8 Å². The summed E-state index contributed by atoms with van der Waals surface area (Å²) in [6.45, 7) is 9.74. The van der Waals surface area contributed by atoms with Gasteiger partial charge in [-0.25, -0.2) is 4.99 Å². The van der Waals surface area contributed by atoms with E-state index in [1.807, 2.05) is 0 Å². The summed E-state index contributed by atoms with van der Waals surface area (Å²) in [6.07, 6.45) is 13.0. The van der Waals surface area contributed by atoms with Crippen molar-refractivity contribution >= 4 is 12.1 Å². The first-order valence-corrected chi connectivity index (χ1v) is 8.37. The molecule has 1 rings (SSSR count). The van der Waals surface area contributed by atoms with Crippen LogP contribution in [-0.4, -0.2) is 48.9 Å². The summed E-state index contributed by atoms with van der Waals surface area (Å²) in [5.41, 5.74) is 0. The molecule has 0 saturated heterocycles. The van der Waals surface area contributed by atoms with Gasteiger partial charge in [0.1, 0.15) is 6.54 Å². The summed E-state index contributed by atoms with van der Waals surface area (Å²) < 4.78 is 1.01. The molecular weight excluding hydrogens is 262 g/mol. The van der Waals surface area contributed by atoms with Crippen molar-refractivity contribution in [2.45, 2.75) is 59.0 Å². The number of quaternary nitrogens is 1. The Labute approximate surface area is 129 Å². The number of allylic oxidation sites excluding steroid dienone is 2. The van der Waals surface area contributed by atoms with Gasteiger partial charge < -0.3 is 5.32 Å². The van der Waals surface area contributed by atoms with Crippen molar-refractivity contribution in [3.63, 3.8) is 0 Å². The molecular formula is C17H32N3O+. The molecule has 0 saturated carbocycles. The number of nitrogens with one attached hydrogen (secondary N) is 1. The molecule has 120 valence electrons. The summed E-state index contributed by atoms with van der Waals surface area (Å²) >= 11 is 0. The summed E-state index contributed by atoms with van der Waals surface area (Å²) in [5, 5.41) is 2.92. The maximum absolute atomic E-state index is 11.0. The average molecular weight is 294 g/mol. The van der Waals surface area contributed by atoms with Crippen LogP contribution in [0.4, 0.5) is 0 Å². The number of likely N-dealkylation sites (N-methyl/N-ethyl adjacent to an activating group) is 1. The van der Waals surface area contributed by atoms with Gasteiger partial charge in [0, 0.05) is 13.3 Å². The molecule has 0 aromatic carbocycles. The number of unbranched alkanes of at least 4 members (excludes halogenated alkanes) is 3. The molecule has 0 aromatic rings. The Morgan fingerprint density at radius 1 is 1.43 bits per heavy atom. The number of rotatable bonds is 10. The number of amides is 1. The van der Waals surface area contributed by atoms with Crippen LogP contribution in [0.3, 0.4) is 0 Å². The van der Waals surface area contributed by atoms with E-state index in [1.54, 1.807) is 6.92 Å². The minimum atomic E-state index is 0.0601. The molecule has 0 radical (unpaired) electrons. The molecule has 2 unspecified atom stereocenters. The van der Waals surface area contributed by atoms with Gasteiger partial charge in [0.2, 0.25) is 5.91 Å². The van der Waals surface area contributed by atoms with Gasteiger partial charge in [0.15, 0.2) is 6.17 Å². The molecule has 1 heterocycles. The lowest BCUT2D eigenvalue weighted by Gasteiger charge is -2.38. The standard InChI is InChI=1S/C17H31N3O/c1-4-6-7-8-9-10-11-17-19-13-15-20(17,5-2)14-12-18-16(3)21/h4,6,13,17H,5,7-12,14-15H2,1-3H3/p+1/b6-4+. The zero-order valence-electron chi connectivity index (χ0n) is 14.0. The van der Waals surface area contributed by atoms with E-state index in [2.05, 4.69) is 37.5 Å². The van der Waals surface area contributed by atoms with Crippen molar-refractivity contribution in [1.82, 2.24) is 5.32 Å². The van der Waals surface area contributed by atoms with Crippen molar-refractivity contribution in [2.24, 2.45) is 4.99 Å². The highest BCUT2D eigenvalue weighted by molar-refractivity contribution is 5.72. The topological polar surface area (TPSA) is 41.5 Å². The number of hydrogen-bond donors (Lipinski definition) is 1. The van der Waals surface area contributed by atoms with E-state index in [1.165, 1.54) is 32.1 Å². The van der Waals surface area contributed by atoms with Crippen LogP contribution in [0.25, 0.3) is 0 Å². The fourth-order valence-corrected chi connectivity index (χ4v) is 3.07. The molecule has 0 bridgehead atoms. The number of nitrogens with zero attached hydrogens (tertiary/aromatic N) is 2. The lowest BCUT2D eigenvalue weighted by molar-refractivity contribution is -0.935. The second-order valence-electron chi connectivity index (χ2n) is 5.94. The van der Waals surface area contributed by atoms with Crippen LogP contribution in [0.15, 0.2) is 17.1 Å². The molecule has 0 spiro atoms. The zero-order chi connectivity index (χ0) is 15.6. The quantitative estimate of drug-likeness (QED) is 0.376. The van der Waals surface area contributed by atoms with E-state index < -0.39 is 0 Å². The minimum absolute atomic E-state index is 0.0601. The molecule has 0 aromatic heterocycles. The smallest absolute Gasteiger partial charge is 0.217 e. The third kappa shape index (κ3) is 6.00. The van der Waals surface area contributed by atoms with E-state index in [0.717, 1.165) is 30.7 Å². The fraction of sp³-hybridized carbons (Fsp3) is 0.765. The first-order chi connectivity index (χ1) is 10.1. The number of hydrogen-bond acceptors (Lipinski definition) is 2. The highest BCUT2D eigenvalue weighted by atomic mass is 16.1. The van der Waals surface area contributed by atoms with E-state index in [4.69, 9.17) is 4.99 Å². The van der Waals surface area contributed by atoms with Gasteiger partial charge in [-0.1, -0.05) is 18.6 Å². The summed E-state index contributed by atoms with van der Waals surface area (Å²) in [7, 11) is 0. The molecule has 1 aliphatic heterocycles. The van der Waals surface area contributed by atoms with Crippen molar-refractivity contribution in [3.8, 4) is 0 Å². The summed E-state index contributed by atoms with van der Waals surface area (Å²) in [4.78, 5) is 15.7. The highest BCUT2D eigenvalue weighted by Gasteiger charge is 2.37. The Morgan fingerprint density at radius 2 is 2.24 bits per heavy atom. The normalized spacial score (nSPS) is 24.8. The Balaban J connectivity index is 2.35. The first kappa shape index (κ1) is 17.9. The second kappa shape index (κ2) is 9.72. The van der Waals surface area contributed by atoms with Gasteiger partial charge in [-0.3, -0.25) is 9.28 Å². The minimum Gasteiger partial charge on any atom is -0.351 e. The molecule has 4 heteroatoms. The third-order valence-electron chi connectivity index (χ3n) is 4.48. The van der Waals surface area contributed by atoms with Crippen LogP contribution in [-0.2, 0) is 4.79 Å². The van der Waals surface area contributed by atoms with Crippen LogP contribution in [0.5, 0.6) is 0 Å². The fourth-order valence-electron chi connectivity index (χ4n) is 3.07. The van der Waals surface area contributed by atoms with Crippen LogP contribution >= 0.6 is 0 Å². The van der Waals surface area contributed by atoms with Gasteiger partial charge in [0.25, 0.3) is 0 Å². The Morgan fingerprint density at radius 3 is 2.90 bits per heavy atom. The van der Waals surface area contributed by atoms with Gasteiger partial charge >= 0.3 is 0 Å². The van der Waals surface area contributed by atoms with Crippen molar-refractivity contribution in [1.29, 1.82) is 0 Å². The van der Waals surface area contributed by atoms with E-state index in [-0.39, 0.29) is 5.91 Å². The monoisotopic (exact) mass is 294 g/mol. The van der Waals surface area contributed by atoms with E-state index in [9.17, 15) is 4.79 Å². The molecule has 1 N–H and O–H groups in total. The van der Waals surface area contributed by atoms with Crippen LogP contribution in [0.2, 0.25) is 0 Å². The largest absolute Gasteiger partial charge is 0.351 e. The van der Waals surface area contributed by atoms with Crippen molar-refractivity contribution in [3.05, 3.63) is 12.2 Å². The molecule has 0 aliphatic carbocycles. The lowest BCUT2D eigenvalue weighted by atomic mass is 10.1. The van der Waals surface area contributed by atoms with Gasteiger partial charge in [-0.05, 0) is 33.1 Å². The molecule has 0 fully saturated rings. The predicted octanol–water partition coefficient (Wildman–Crippen LogP) is 2.90. The average Bonchev–Trinajstić information content (AvgIpc) is 2.86. The molecule has 21 heavy (non-hydrogen) atoms.